The standard InChI is InChI=1S/C23H37IO5/c1-3-5-11-23(28,4-2)12-7-9-17-18-13-22(29-21(18)14-20(17)27)19(24)10-6-8-16(26)15-25/h4,7,9,17-22,25,27-28H,2-3,5-6,8,10-15H2,1H3/t17-,18-,19?,20-,21-,22-,23?/m1/s1. The van der Waals surface area contributed by atoms with Gasteiger partial charge in [-0.3, -0.25) is 4.79 Å². The molecule has 166 valence electrons. The monoisotopic (exact) mass is 520 g/mol. The highest BCUT2D eigenvalue weighted by molar-refractivity contribution is 14.1. The lowest BCUT2D eigenvalue weighted by Gasteiger charge is -2.23. The first-order valence-electron chi connectivity index (χ1n) is 11.0. The third kappa shape index (κ3) is 7.13. The van der Waals surface area contributed by atoms with Crippen molar-refractivity contribution < 1.29 is 24.9 Å². The van der Waals surface area contributed by atoms with Crippen molar-refractivity contribution in [3.63, 3.8) is 0 Å². The highest BCUT2D eigenvalue weighted by Crippen LogP contribution is 2.46. The van der Waals surface area contributed by atoms with Gasteiger partial charge in [0.2, 0.25) is 0 Å². The van der Waals surface area contributed by atoms with Gasteiger partial charge in [0.15, 0.2) is 5.78 Å². The van der Waals surface area contributed by atoms with Crippen LogP contribution in [0.5, 0.6) is 0 Å². The molecule has 2 unspecified atom stereocenters. The molecule has 0 aromatic heterocycles. The van der Waals surface area contributed by atoms with Crippen LogP contribution >= 0.6 is 22.6 Å². The van der Waals surface area contributed by atoms with E-state index in [-0.39, 0.29) is 30.5 Å². The lowest BCUT2D eigenvalue weighted by Crippen LogP contribution is -2.25. The molecule has 2 fully saturated rings. The van der Waals surface area contributed by atoms with E-state index in [4.69, 9.17) is 9.84 Å². The molecule has 0 bridgehead atoms. The molecule has 0 aromatic rings. The van der Waals surface area contributed by atoms with Gasteiger partial charge in [-0.25, -0.2) is 0 Å². The predicted octanol–water partition coefficient (Wildman–Crippen LogP) is 3.73. The van der Waals surface area contributed by atoms with E-state index in [1.165, 1.54) is 0 Å². The van der Waals surface area contributed by atoms with E-state index < -0.39 is 11.7 Å². The molecular formula is C23H37IO5. The van der Waals surface area contributed by atoms with Crippen LogP contribution < -0.4 is 0 Å². The Kier molecular flexibility index (Phi) is 10.3. The van der Waals surface area contributed by atoms with E-state index >= 15 is 0 Å². The Morgan fingerprint density at radius 1 is 1.38 bits per heavy atom. The number of carbonyl (C=O) groups excluding carboxylic acids is 1. The summed E-state index contributed by atoms with van der Waals surface area (Å²) in [7, 11) is 0. The van der Waals surface area contributed by atoms with Crippen LogP contribution in [0.25, 0.3) is 0 Å². The molecule has 0 radical (unpaired) electrons. The fraction of sp³-hybridized carbons (Fsp3) is 0.783. The molecule has 7 atom stereocenters. The van der Waals surface area contributed by atoms with Crippen LogP contribution in [0, 0.1) is 11.8 Å². The third-order valence-corrected chi connectivity index (χ3v) is 7.86. The molecule has 3 N–H and O–H groups in total. The van der Waals surface area contributed by atoms with Crippen LogP contribution in [0.3, 0.4) is 0 Å². The Bertz CT molecular complexity index is 565. The molecule has 2 rings (SSSR count). The summed E-state index contributed by atoms with van der Waals surface area (Å²) < 4.78 is 6.58. The molecular weight excluding hydrogens is 483 g/mol. The number of Topliss-reactive ketones (excluding diaryl/α,β-unsaturated/α-hetero) is 1. The minimum atomic E-state index is -0.872. The molecule has 0 spiro atoms. The van der Waals surface area contributed by atoms with Gasteiger partial charge in [0, 0.05) is 22.7 Å². The Balaban J connectivity index is 1.87. The average molecular weight is 520 g/mol. The van der Waals surface area contributed by atoms with Crippen molar-refractivity contribution in [2.75, 3.05) is 6.61 Å². The summed E-state index contributed by atoms with van der Waals surface area (Å²) in [6, 6.07) is 0. The quantitative estimate of drug-likeness (QED) is 0.196. The number of unbranched alkanes of at least 4 members (excludes halogenated alkanes) is 1. The van der Waals surface area contributed by atoms with E-state index in [0.717, 1.165) is 32.1 Å². The Labute approximate surface area is 188 Å². The molecule has 2 aliphatic rings. The minimum absolute atomic E-state index is 0.0600. The van der Waals surface area contributed by atoms with Gasteiger partial charge in [0.05, 0.1) is 23.9 Å². The number of ether oxygens (including phenoxy) is 1. The first-order chi connectivity index (χ1) is 13.8. The lowest BCUT2D eigenvalue weighted by molar-refractivity contribution is -0.121. The Hall–Kier alpha value is -0.280. The number of fused-ring (bicyclic) bond motifs is 1. The maximum absolute atomic E-state index is 11.3. The fourth-order valence-corrected chi connectivity index (χ4v) is 5.48. The number of hydrogen-bond acceptors (Lipinski definition) is 5. The molecule has 1 aliphatic heterocycles. The molecule has 0 amide bonds. The Morgan fingerprint density at radius 2 is 2.14 bits per heavy atom. The number of hydrogen-bond donors (Lipinski definition) is 3. The summed E-state index contributed by atoms with van der Waals surface area (Å²) in [5.74, 6) is 0.254. The molecule has 29 heavy (non-hydrogen) atoms. The van der Waals surface area contributed by atoms with Gasteiger partial charge in [0.1, 0.15) is 6.61 Å². The van der Waals surface area contributed by atoms with Gasteiger partial charge in [-0.2, -0.15) is 0 Å². The van der Waals surface area contributed by atoms with Gasteiger partial charge < -0.3 is 20.1 Å². The van der Waals surface area contributed by atoms with Crippen LogP contribution in [-0.4, -0.2) is 55.5 Å². The smallest absolute Gasteiger partial charge is 0.158 e. The van der Waals surface area contributed by atoms with E-state index in [2.05, 4.69) is 42.2 Å². The van der Waals surface area contributed by atoms with E-state index in [0.29, 0.717) is 35.5 Å². The molecule has 1 heterocycles. The first kappa shape index (κ1) is 25.0. The van der Waals surface area contributed by atoms with Gasteiger partial charge in [-0.15, -0.1) is 6.58 Å². The van der Waals surface area contributed by atoms with Crippen LogP contribution in [-0.2, 0) is 9.53 Å². The SMILES string of the molecule is C=CC(O)(CC=C[C@@H]1[C@H]2C[C@H](C(I)CCCC(=O)CO)O[C@@H]2C[C@H]1O)CCCC. The molecule has 6 heteroatoms. The second kappa shape index (κ2) is 11.9. The second-order valence-corrected chi connectivity index (χ2v) is 10.2. The number of aliphatic hydroxyl groups excluding tert-OH is 2. The Morgan fingerprint density at radius 3 is 2.79 bits per heavy atom. The number of rotatable bonds is 13. The minimum Gasteiger partial charge on any atom is -0.392 e. The fourth-order valence-electron chi connectivity index (χ4n) is 4.58. The average Bonchev–Trinajstić information content (AvgIpc) is 3.24. The summed E-state index contributed by atoms with van der Waals surface area (Å²) in [5.41, 5.74) is -0.872. The number of halogens is 1. The summed E-state index contributed by atoms with van der Waals surface area (Å²) in [4.78, 5) is 11.3. The number of alkyl halides is 1. The first-order valence-corrected chi connectivity index (χ1v) is 12.2. The van der Waals surface area contributed by atoms with E-state index in [1.807, 2.05) is 6.08 Å². The number of ketones is 1. The topological polar surface area (TPSA) is 87.0 Å². The summed E-state index contributed by atoms with van der Waals surface area (Å²) in [5, 5.41) is 30.0. The molecule has 5 nitrogen and oxygen atoms in total. The van der Waals surface area contributed by atoms with Crippen molar-refractivity contribution >= 4 is 28.4 Å². The molecule has 0 aromatic carbocycles. The summed E-state index contributed by atoms with van der Waals surface area (Å²) in [6.45, 7) is 5.52. The van der Waals surface area contributed by atoms with Crippen molar-refractivity contribution in [2.24, 2.45) is 11.8 Å². The van der Waals surface area contributed by atoms with E-state index in [9.17, 15) is 15.0 Å². The zero-order valence-electron chi connectivity index (χ0n) is 17.5. The third-order valence-electron chi connectivity index (χ3n) is 6.43. The van der Waals surface area contributed by atoms with Crippen LogP contribution in [0.1, 0.15) is 64.7 Å². The molecule has 1 aliphatic carbocycles. The van der Waals surface area contributed by atoms with Crippen molar-refractivity contribution in [2.45, 2.75) is 92.5 Å². The van der Waals surface area contributed by atoms with Gasteiger partial charge in [-0.1, -0.05) is 60.6 Å². The van der Waals surface area contributed by atoms with Crippen molar-refractivity contribution in [3.05, 3.63) is 24.8 Å². The second-order valence-electron chi connectivity index (χ2n) is 8.64. The van der Waals surface area contributed by atoms with Gasteiger partial charge >= 0.3 is 0 Å². The van der Waals surface area contributed by atoms with Gasteiger partial charge in [-0.05, 0) is 38.0 Å². The normalized spacial score (nSPS) is 32.2. The number of carbonyl (C=O) groups is 1. The zero-order chi connectivity index (χ0) is 21.4. The van der Waals surface area contributed by atoms with Gasteiger partial charge in [0.25, 0.3) is 0 Å². The van der Waals surface area contributed by atoms with Crippen molar-refractivity contribution in [3.8, 4) is 0 Å². The largest absolute Gasteiger partial charge is 0.392 e. The highest BCUT2D eigenvalue weighted by Gasteiger charge is 2.49. The zero-order valence-corrected chi connectivity index (χ0v) is 19.7. The lowest BCUT2D eigenvalue weighted by atomic mass is 9.87. The maximum Gasteiger partial charge on any atom is 0.158 e. The number of aliphatic hydroxyl groups is 3. The summed E-state index contributed by atoms with van der Waals surface area (Å²) in [6.07, 6.45) is 12.4. The van der Waals surface area contributed by atoms with Crippen LogP contribution in [0.2, 0.25) is 0 Å². The molecule has 1 saturated heterocycles. The van der Waals surface area contributed by atoms with Crippen LogP contribution in [0.4, 0.5) is 0 Å². The highest BCUT2D eigenvalue weighted by atomic mass is 127. The summed E-state index contributed by atoms with van der Waals surface area (Å²) >= 11 is 2.41. The maximum atomic E-state index is 11.3. The van der Waals surface area contributed by atoms with Crippen molar-refractivity contribution in [1.29, 1.82) is 0 Å². The van der Waals surface area contributed by atoms with Crippen molar-refractivity contribution in [1.82, 2.24) is 0 Å². The predicted molar refractivity (Wildman–Crippen MR) is 123 cm³/mol. The van der Waals surface area contributed by atoms with E-state index in [1.54, 1.807) is 6.08 Å². The molecule has 1 saturated carbocycles. The van der Waals surface area contributed by atoms with Crippen LogP contribution in [0.15, 0.2) is 24.8 Å².